The van der Waals surface area contributed by atoms with Crippen LogP contribution in [0.25, 0.3) is 0 Å². The van der Waals surface area contributed by atoms with E-state index in [-0.39, 0.29) is 6.54 Å². The second-order valence-corrected chi connectivity index (χ2v) is 3.16. The summed E-state index contributed by atoms with van der Waals surface area (Å²) in [4.78, 5) is 0. The number of aliphatic hydroxyl groups excluding tert-OH is 1. The smallest absolute Gasteiger partial charge is 0.119 e. The van der Waals surface area contributed by atoms with Crippen LogP contribution in [0.1, 0.15) is 11.7 Å². The van der Waals surface area contributed by atoms with E-state index in [0.717, 1.165) is 11.3 Å². The summed E-state index contributed by atoms with van der Waals surface area (Å²) in [6, 6.07) is 7.23. The molecular weight excluding hydrogens is 194 g/mol. The van der Waals surface area contributed by atoms with E-state index in [2.05, 4.69) is 0 Å². The summed E-state index contributed by atoms with van der Waals surface area (Å²) < 4.78 is 10.2. The van der Waals surface area contributed by atoms with E-state index in [1.165, 1.54) is 0 Å². The molecule has 1 rings (SSSR count). The van der Waals surface area contributed by atoms with Crippen LogP contribution in [0.15, 0.2) is 24.3 Å². The average molecular weight is 211 g/mol. The topological polar surface area (TPSA) is 64.7 Å². The molecule has 0 aromatic heterocycles. The van der Waals surface area contributed by atoms with Gasteiger partial charge in [0.2, 0.25) is 0 Å². The molecule has 4 heteroatoms. The molecule has 0 aliphatic rings. The van der Waals surface area contributed by atoms with E-state index >= 15 is 0 Å². The lowest BCUT2D eigenvalue weighted by molar-refractivity contribution is 0.146. The van der Waals surface area contributed by atoms with Crippen molar-refractivity contribution in [3.05, 3.63) is 29.8 Å². The van der Waals surface area contributed by atoms with Gasteiger partial charge in [0.15, 0.2) is 0 Å². The van der Waals surface area contributed by atoms with Crippen LogP contribution in [-0.4, -0.2) is 32.0 Å². The van der Waals surface area contributed by atoms with Crippen LogP contribution in [0.5, 0.6) is 5.75 Å². The van der Waals surface area contributed by atoms with Crippen LogP contribution in [0.3, 0.4) is 0 Å². The molecule has 1 atom stereocenters. The van der Waals surface area contributed by atoms with Crippen LogP contribution in [-0.2, 0) is 4.74 Å². The van der Waals surface area contributed by atoms with Crippen molar-refractivity contribution in [1.82, 2.24) is 0 Å². The Hall–Kier alpha value is -1.10. The summed E-state index contributed by atoms with van der Waals surface area (Å²) in [6.07, 6.45) is -0.599. The molecule has 1 aromatic rings. The van der Waals surface area contributed by atoms with Crippen LogP contribution < -0.4 is 10.5 Å². The summed E-state index contributed by atoms with van der Waals surface area (Å²) in [7, 11) is 1.63. The second kappa shape index (κ2) is 6.40. The molecule has 0 spiro atoms. The molecule has 4 nitrogen and oxygen atoms in total. The van der Waals surface area contributed by atoms with Crippen molar-refractivity contribution in [3.8, 4) is 5.75 Å². The first-order valence-electron chi connectivity index (χ1n) is 4.87. The van der Waals surface area contributed by atoms with Gasteiger partial charge in [-0.3, -0.25) is 0 Å². The highest BCUT2D eigenvalue weighted by molar-refractivity contribution is 5.28. The molecular formula is C11H17NO3. The summed E-state index contributed by atoms with van der Waals surface area (Å²) >= 11 is 0. The van der Waals surface area contributed by atoms with Gasteiger partial charge in [0.05, 0.1) is 12.7 Å². The van der Waals surface area contributed by atoms with Gasteiger partial charge in [0.1, 0.15) is 12.4 Å². The Kier molecular flexibility index (Phi) is 5.10. The van der Waals surface area contributed by atoms with E-state index in [0.29, 0.717) is 13.2 Å². The van der Waals surface area contributed by atoms with Crippen molar-refractivity contribution in [3.63, 3.8) is 0 Å². The van der Waals surface area contributed by atoms with Gasteiger partial charge in [0, 0.05) is 13.7 Å². The molecule has 0 saturated carbocycles. The number of aliphatic hydroxyl groups is 1. The van der Waals surface area contributed by atoms with Gasteiger partial charge >= 0.3 is 0 Å². The summed E-state index contributed by atoms with van der Waals surface area (Å²) in [6.45, 7) is 1.31. The lowest BCUT2D eigenvalue weighted by Gasteiger charge is -2.09. The molecule has 0 bridgehead atoms. The number of nitrogens with two attached hydrogens (primary N) is 1. The minimum atomic E-state index is -0.599. The number of methoxy groups -OCH3 is 1. The molecule has 0 aliphatic heterocycles. The van der Waals surface area contributed by atoms with Gasteiger partial charge < -0.3 is 20.3 Å². The second-order valence-electron chi connectivity index (χ2n) is 3.16. The van der Waals surface area contributed by atoms with E-state index in [9.17, 15) is 5.11 Å². The summed E-state index contributed by atoms with van der Waals surface area (Å²) in [5.41, 5.74) is 6.14. The average Bonchev–Trinajstić information content (AvgIpc) is 2.29. The molecule has 84 valence electrons. The predicted molar refractivity (Wildman–Crippen MR) is 57.8 cm³/mol. The number of benzene rings is 1. The van der Waals surface area contributed by atoms with Gasteiger partial charge in [-0.2, -0.15) is 0 Å². The van der Waals surface area contributed by atoms with Crippen LogP contribution >= 0.6 is 0 Å². The first kappa shape index (κ1) is 12.0. The maximum Gasteiger partial charge on any atom is 0.119 e. The third-order valence-electron chi connectivity index (χ3n) is 2.04. The van der Waals surface area contributed by atoms with Crippen molar-refractivity contribution < 1.29 is 14.6 Å². The Bertz CT molecular complexity index is 274. The van der Waals surface area contributed by atoms with Crippen molar-refractivity contribution in [2.75, 3.05) is 26.9 Å². The number of rotatable bonds is 6. The quantitative estimate of drug-likeness (QED) is 0.680. The maximum absolute atomic E-state index is 9.45. The molecule has 3 N–H and O–H groups in total. The molecule has 0 heterocycles. The lowest BCUT2D eigenvalue weighted by Crippen LogP contribution is -2.11. The third kappa shape index (κ3) is 3.87. The van der Waals surface area contributed by atoms with Gasteiger partial charge in [-0.05, 0) is 17.7 Å². The first-order valence-corrected chi connectivity index (χ1v) is 4.87. The molecule has 1 aromatic carbocycles. The fourth-order valence-electron chi connectivity index (χ4n) is 1.17. The minimum absolute atomic E-state index is 0.226. The van der Waals surface area contributed by atoms with Crippen molar-refractivity contribution in [2.45, 2.75) is 6.10 Å². The SMILES string of the molecule is COCCOc1ccc(C(O)CN)cc1. The number of hydrogen-bond acceptors (Lipinski definition) is 4. The predicted octanol–water partition coefficient (Wildman–Crippen LogP) is 0.704. The Morgan fingerprint density at radius 2 is 1.93 bits per heavy atom. The highest BCUT2D eigenvalue weighted by Crippen LogP contribution is 2.16. The highest BCUT2D eigenvalue weighted by Gasteiger charge is 2.04. The number of ether oxygens (including phenoxy) is 2. The van der Waals surface area contributed by atoms with E-state index in [1.54, 1.807) is 19.2 Å². The van der Waals surface area contributed by atoms with Crippen LogP contribution in [0.2, 0.25) is 0 Å². The monoisotopic (exact) mass is 211 g/mol. The first-order chi connectivity index (χ1) is 7.27. The normalized spacial score (nSPS) is 12.5. The molecule has 0 aliphatic carbocycles. The van der Waals surface area contributed by atoms with Crippen LogP contribution in [0.4, 0.5) is 0 Å². The number of hydrogen-bond donors (Lipinski definition) is 2. The molecule has 0 saturated heterocycles. The Morgan fingerprint density at radius 1 is 1.27 bits per heavy atom. The van der Waals surface area contributed by atoms with E-state index in [4.69, 9.17) is 15.2 Å². The lowest BCUT2D eigenvalue weighted by atomic mass is 10.1. The fourth-order valence-corrected chi connectivity index (χ4v) is 1.17. The van der Waals surface area contributed by atoms with Crippen molar-refractivity contribution in [1.29, 1.82) is 0 Å². The van der Waals surface area contributed by atoms with E-state index < -0.39 is 6.10 Å². The van der Waals surface area contributed by atoms with Crippen molar-refractivity contribution >= 4 is 0 Å². The minimum Gasteiger partial charge on any atom is -0.491 e. The zero-order chi connectivity index (χ0) is 11.1. The zero-order valence-electron chi connectivity index (χ0n) is 8.85. The molecule has 0 fully saturated rings. The largest absolute Gasteiger partial charge is 0.491 e. The van der Waals surface area contributed by atoms with Gasteiger partial charge in [0.25, 0.3) is 0 Å². The van der Waals surface area contributed by atoms with Gasteiger partial charge in [-0.1, -0.05) is 12.1 Å². The Labute approximate surface area is 89.6 Å². The maximum atomic E-state index is 9.45. The Balaban J connectivity index is 2.49. The summed E-state index contributed by atoms with van der Waals surface area (Å²) in [5, 5.41) is 9.45. The van der Waals surface area contributed by atoms with Crippen LogP contribution in [0, 0.1) is 0 Å². The summed E-state index contributed by atoms with van der Waals surface area (Å²) in [5.74, 6) is 0.764. The Morgan fingerprint density at radius 3 is 2.47 bits per heavy atom. The fraction of sp³-hybridized carbons (Fsp3) is 0.455. The van der Waals surface area contributed by atoms with Gasteiger partial charge in [-0.25, -0.2) is 0 Å². The zero-order valence-corrected chi connectivity index (χ0v) is 8.85. The standard InChI is InChI=1S/C11H17NO3/c1-14-6-7-15-10-4-2-9(3-5-10)11(13)8-12/h2-5,11,13H,6-8,12H2,1H3. The third-order valence-corrected chi connectivity index (χ3v) is 2.04. The molecule has 15 heavy (non-hydrogen) atoms. The van der Waals surface area contributed by atoms with Gasteiger partial charge in [-0.15, -0.1) is 0 Å². The molecule has 0 amide bonds. The molecule has 1 unspecified atom stereocenters. The highest BCUT2D eigenvalue weighted by atomic mass is 16.5. The van der Waals surface area contributed by atoms with Crippen molar-refractivity contribution in [2.24, 2.45) is 5.73 Å². The molecule has 0 radical (unpaired) electrons. The van der Waals surface area contributed by atoms with E-state index in [1.807, 2.05) is 12.1 Å².